The SMILES string of the molecule is CCN(CCC(=O)O)C(=O)CN1C(=O)NC(CC)(c2ccc(OC)c(C)c2)C1=O. The van der Waals surface area contributed by atoms with Crippen LogP contribution in [-0.2, 0) is 19.9 Å². The van der Waals surface area contributed by atoms with Crippen LogP contribution in [0.15, 0.2) is 18.2 Å². The van der Waals surface area contributed by atoms with Crippen LogP contribution in [0, 0.1) is 6.92 Å². The first-order chi connectivity index (χ1) is 13.7. The molecule has 1 aliphatic heterocycles. The lowest BCUT2D eigenvalue weighted by molar-refractivity contribution is -0.141. The molecule has 2 N–H and O–H groups in total. The number of nitrogens with zero attached hydrogens (tertiary/aromatic N) is 2. The summed E-state index contributed by atoms with van der Waals surface area (Å²) in [5, 5.41) is 11.6. The zero-order chi connectivity index (χ0) is 21.8. The number of nitrogens with one attached hydrogen (secondary N) is 1. The summed E-state index contributed by atoms with van der Waals surface area (Å²) in [5.74, 6) is -1.33. The number of hydrogen-bond acceptors (Lipinski definition) is 5. The van der Waals surface area contributed by atoms with Gasteiger partial charge in [0, 0.05) is 13.1 Å². The van der Waals surface area contributed by atoms with Crippen LogP contribution in [0.25, 0.3) is 0 Å². The van der Waals surface area contributed by atoms with Crippen molar-refractivity contribution in [3.63, 3.8) is 0 Å². The summed E-state index contributed by atoms with van der Waals surface area (Å²) in [6.07, 6.45) is 0.105. The highest BCUT2D eigenvalue weighted by Crippen LogP contribution is 2.34. The van der Waals surface area contributed by atoms with E-state index in [0.717, 1.165) is 10.5 Å². The molecule has 9 nitrogen and oxygen atoms in total. The maximum Gasteiger partial charge on any atom is 0.325 e. The van der Waals surface area contributed by atoms with E-state index in [-0.39, 0.29) is 19.5 Å². The van der Waals surface area contributed by atoms with Crippen molar-refractivity contribution in [1.82, 2.24) is 15.1 Å². The largest absolute Gasteiger partial charge is 0.496 e. The van der Waals surface area contributed by atoms with Crippen molar-refractivity contribution in [2.24, 2.45) is 0 Å². The predicted molar refractivity (Wildman–Crippen MR) is 104 cm³/mol. The first kappa shape index (κ1) is 22.2. The number of imide groups is 1. The van der Waals surface area contributed by atoms with Gasteiger partial charge in [0.25, 0.3) is 5.91 Å². The molecule has 0 aromatic heterocycles. The molecule has 0 saturated carbocycles. The Hall–Kier alpha value is -3.10. The number of rotatable bonds is 9. The fourth-order valence-electron chi connectivity index (χ4n) is 3.48. The third-order valence-corrected chi connectivity index (χ3v) is 5.22. The number of carbonyl (C=O) groups excluding carboxylic acids is 3. The summed E-state index contributed by atoms with van der Waals surface area (Å²) in [5.41, 5.74) is 0.178. The van der Waals surface area contributed by atoms with Crippen molar-refractivity contribution < 1.29 is 29.0 Å². The number of amides is 4. The molecule has 158 valence electrons. The second kappa shape index (κ2) is 8.93. The van der Waals surface area contributed by atoms with Crippen LogP contribution in [0.3, 0.4) is 0 Å². The summed E-state index contributed by atoms with van der Waals surface area (Å²) in [6.45, 7) is 5.21. The van der Waals surface area contributed by atoms with Crippen molar-refractivity contribution in [3.05, 3.63) is 29.3 Å². The Labute approximate surface area is 169 Å². The van der Waals surface area contributed by atoms with Gasteiger partial charge in [0.1, 0.15) is 17.8 Å². The fraction of sp³-hybridized carbons (Fsp3) is 0.500. The lowest BCUT2D eigenvalue weighted by atomic mass is 9.86. The van der Waals surface area contributed by atoms with Crippen LogP contribution in [0.4, 0.5) is 4.79 Å². The fourth-order valence-corrected chi connectivity index (χ4v) is 3.48. The molecule has 1 saturated heterocycles. The molecule has 0 radical (unpaired) electrons. The summed E-state index contributed by atoms with van der Waals surface area (Å²) in [4.78, 5) is 51.3. The molecule has 1 aliphatic rings. The molecule has 1 aromatic carbocycles. The Morgan fingerprint density at radius 1 is 1.28 bits per heavy atom. The van der Waals surface area contributed by atoms with Gasteiger partial charge in [-0.1, -0.05) is 13.0 Å². The van der Waals surface area contributed by atoms with Gasteiger partial charge in [-0.05, 0) is 43.5 Å². The second-order valence-electron chi connectivity index (χ2n) is 6.88. The molecule has 9 heteroatoms. The monoisotopic (exact) mass is 405 g/mol. The third kappa shape index (κ3) is 4.33. The predicted octanol–water partition coefficient (Wildman–Crippen LogP) is 1.48. The number of carboxylic acids is 1. The quantitative estimate of drug-likeness (QED) is 0.601. The minimum absolute atomic E-state index is 0.0188. The van der Waals surface area contributed by atoms with Crippen molar-refractivity contribution >= 4 is 23.8 Å². The van der Waals surface area contributed by atoms with E-state index in [4.69, 9.17) is 9.84 Å². The molecule has 1 aromatic rings. The third-order valence-electron chi connectivity index (χ3n) is 5.22. The molecule has 0 spiro atoms. The molecule has 1 unspecified atom stereocenters. The normalized spacial score (nSPS) is 18.6. The van der Waals surface area contributed by atoms with Crippen LogP contribution >= 0.6 is 0 Å². The highest BCUT2D eigenvalue weighted by Gasteiger charge is 2.51. The molecule has 2 rings (SSSR count). The van der Waals surface area contributed by atoms with E-state index in [1.165, 1.54) is 4.90 Å². The number of likely N-dealkylation sites (N-methyl/N-ethyl adjacent to an activating group) is 1. The van der Waals surface area contributed by atoms with Gasteiger partial charge in [-0.15, -0.1) is 0 Å². The van der Waals surface area contributed by atoms with Gasteiger partial charge in [-0.2, -0.15) is 0 Å². The van der Waals surface area contributed by atoms with Gasteiger partial charge in [0.05, 0.1) is 13.5 Å². The molecule has 0 bridgehead atoms. The van der Waals surface area contributed by atoms with Crippen molar-refractivity contribution in [2.75, 3.05) is 26.7 Å². The second-order valence-corrected chi connectivity index (χ2v) is 6.88. The minimum Gasteiger partial charge on any atom is -0.496 e. The number of benzene rings is 1. The smallest absolute Gasteiger partial charge is 0.325 e. The van der Waals surface area contributed by atoms with Crippen LogP contribution < -0.4 is 10.1 Å². The average molecular weight is 405 g/mol. The van der Waals surface area contributed by atoms with E-state index in [1.807, 2.05) is 6.92 Å². The van der Waals surface area contributed by atoms with Gasteiger partial charge in [0.15, 0.2) is 0 Å². The zero-order valence-electron chi connectivity index (χ0n) is 17.2. The van der Waals surface area contributed by atoms with Gasteiger partial charge in [-0.25, -0.2) is 4.79 Å². The number of ether oxygens (including phenoxy) is 1. The molecule has 1 fully saturated rings. The minimum atomic E-state index is -1.26. The number of aliphatic carboxylic acids is 1. The Balaban J connectivity index is 2.25. The van der Waals surface area contributed by atoms with E-state index < -0.39 is 35.9 Å². The highest BCUT2D eigenvalue weighted by atomic mass is 16.5. The van der Waals surface area contributed by atoms with Crippen molar-refractivity contribution in [1.29, 1.82) is 0 Å². The van der Waals surface area contributed by atoms with E-state index in [1.54, 1.807) is 39.2 Å². The topological polar surface area (TPSA) is 116 Å². The molecule has 29 heavy (non-hydrogen) atoms. The number of aryl methyl sites for hydroxylation is 1. The van der Waals surface area contributed by atoms with Crippen LogP contribution in [0.1, 0.15) is 37.8 Å². The van der Waals surface area contributed by atoms with E-state index in [2.05, 4.69) is 5.32 Å². The summed E-state index contributed by atoms with van der Waals surface area (Å²) < 4.78 is 5.25. The van der Waals surface area contributed by atoms with Crippen LogP contribution in [0.5, 0.6) is 5.75 Å². The van der Waals surface area contributed by atoms with Crippen LogP contribution in [-0.4, -0.2) is 65.5 Å². The van der Waals surface area contributed by atoms with Gasteiger partial charge in [-0.3, -0.25) is 19.3 Å². The number of urea groups is 1. The highest BCUT2D eigenvalue weighted by molar-refractivity contribution is 6.09. The molecule has 0 aliphatic carbocycles. The Morgan fingerprint density at radius 2 is 1.97 bits per heavy atom. The number of carbonyl (C=O) groups is 4. The van der Waals surface area contributed by atoms with Gasteiger partial charge in [0.2, 0.25) is 5.91 Å². The molecule has 4 amide bonds. The Kier molecular flexibility index (Phi) is 6.84. The number of methoxy groups -OCH3 is 1. The van der Waals surface area contributed by atoms with Gasteiger partial charge >= 0.3 is 12.0 Å². The lowest BCUT2D eigenvalue weighted by Crippen LogP contribution is -2.46. The summed E-state index contributed by atoms with van der Waals surface area (Å²) in [7, 11) is 1.55. The first-order valence-corrected chi connectivity index (χ1v) is 9.48. The molecular formula is C20H27N3O6. The molecular weight excluding hydrogens is 378 g/mol. The molecule has 1 heterocycles. The summed E-state index contributed by atoms with van der Waals surface area (Å²) in [6, 6.07) is 4.61. The lowest BCUT2D eigenvalue weighted by Gasteiger charge is -2.27. The van der Waals surface area contributed by atoms with E-state index >= 15 is 0 Å². The van der Waals surface area contributed by atoms with Gasteiger partial charge < -0.3 is 20.1 Å². The van der Waals surface area contributed by atoms with E-state index in [0.29, 0.717) is 17.7 Å². The average Bonchev–Trinajstić information content (AvgIpc) is 2.93. The first-order valence-electron chi connectivity index (χ1n) is 9.48. The van der Waals surface area contributed by atoms with Crippen molar-refractivity contribution in [2.45, 2.75) is 39.2 Å². The maximum absolute atomic E-state index is 13.2. The summed E-state index contributed by atoms with van der Waals surface area (Å²) >= 11 is 0. The van der Waals surface area contributed by atoms with Crippen LogP contribution in [0.2, 0.25) is 0 Å². The Morgan fingerprint density at radius 3 is 2.48 bits per heavy atom. The van der Waals surface area contributed by atoms with Crippen molar-refractivity contribution in [3.8, 4) is 5.75 Å². The Bertz CT molecular complexity index is 824. The number of hydrogen-bond donors (Lipinski definition) is 2. The molecule has 1 atom stereocenters. The number of carboxylic acid groups (broad SMARTS) is 1. The standard InChI is InChI=1S/C20H27N3O6/c1-5-20(14-7-8-15(29-4)13(3)11-14)18(27)23(19(28)21-20)12-16(24)22(6-2)10-9-17(25)26/h7-8,11H,5-6,9-10,12H2,1-4H3,(H,21,28)(H,25,26). The maximum atomic E-state index is 13.2. The zero-order valence-corrected chi connectivity index (χ0v) is 17.2. The van der Waals surface area contributed by atoms with E-state index in [9.17, 15) is 19.2 Å².